The number of anilines is 1. The van der Waals surface area contributed by atoms with Crippen LogP contribution in [0.25, 0.3) is 5.57 Å². The van der Waals surface area contributed by atoms with Gasteiger partial charge in [-0.3, -0.25) is 14.4 Å². The molecule has 2 aliphatic heterocycles. The van der Waals surface area contributed by atoms with Gasteiger partial charge in [0.1, 0.15) is 0 Å². The van der Waals surface area contributed by atoms with Crippen molar-refractivity contribution in [2.75, 3.05) is 4.90 Å². The van der Waals surface area contributed by atoms with Gasteiger partial charge in [-0.1, -0.05) is 39.1 Å². The molecule has 1 N–H and O–H groups in total. The first kappa shape index (κ1) is 20.2. The van der Waals surface area contributed by atoms with E-state index in [-0.39, 0.29) is 15.6 Å². The smallest absolute Gasteiger partial charge is 0.267 e. The Bertz CT molecular complexity index is 1160. The molecule has 0 aromatic heterocycles. The van der Waals surface area contributed by atoms with Gasteiger partial charge in [0.15, 0.2) is 5.17 Å². The van der Waals surface area contributed by atoms with Crippen molar-refractivity contribution in [3.8, 4) is 0 Å². The summed E-state index contributed by atoms with van der Waals surface area (Å²) in [7, 11) is 0. The Morgan fingerprint density at radius 2 is 1.83 bits per heavy atom. The zero-order valence-electron chi connectivity index (χ0n) is 14.6. The summed E-state index contributed by atoms with van der Waals surface area (Å²) in [5.41, 5.74) is 1.56. The van der Waals surface area contributed by atoms with Crippen LogP contribution in [0.4, 0.5) is 11.4 Å². The van der Waals surface area contributed by atoms with Gasteiger partial charge in [-0.15, -0.1) is 0 Å². The van der Waals surface area contributed by atoms with Gasteiger partial charge in [0.05, 0.1) is 21.9 Å². The Morgan fingerprint density at radius 1 is 1.14 bits per heavy atom. The van der Waals surface area contributed by atoms with Crippen molar-refractivity contribution in [1.29, 1.82) is 0 Å². The van der Waals surface area contributed by atoms with E-state index in [1.807, 2.05) is 0 Å². The van der Waals surface area contributed by atoms with E-state index in [1.54, 1.807) is 36.4 Å². The van der Waals surface area contributed by atoms with E-state index in [4.69, 9.17) is 23.2 Å². The largest absolute Gasteiger partial charge is 0.300 e. The molecule has 0 atom stereocenters. The maximum Gasteiger partial charge on any atom is 0.267 e. The highest BCUT2D eigenvalue weighted by atomic mass is 79.9. The average molecular weight is 511 g/mol. The van der Waals surface area contributed by atoms with Gasteiger partial charge in [0.2, 0.25) is 5.91 Å². The second-order valence-corrected chi connectivity index (χ2v) is 8.91. The summed E-state index contributed by atoms with van der Waals surface area (Å²) in [6, 6.07) is 9.87. The molecule has 0 saturated carbocycles. The zero-order valence-corrected chi connectivity index (χ0v) is 18.5. The summed E-state index contributed by atoms with van der Waals surface area (Å²) >= 11 is 16.4. The number of carbonyl (C=O) groups is 3. The van der Waals surface area contributed by atoms with Gasteiger partial charge in [-0.2, -0.15) is 0 Å². The minimum absolute atomic E-state index is 0.160. The number of hydrogen-bond donors (Lipinski definition) is 1. The summed E-state index contributed by atoms with van der Waals surface area (Å²) in [6.45, 7) is 1.30. The molecule has 0 bridgehead atoms. The monoisotopic (exact) mass is 509 g/mol. The lowest BCUT2D eigenvalue weighted by Crippen LogP contribution is -2.31. The Kier molecular flexibility index (Phi) is 5.29. The first-order valence-corrected chi connectivity index (χ1v) is 10.5. The lowest BCUT2D eigenvalue weighted by Gasteiger charge is -2.11. The molecule has 29 heavy (non-hydrogen) atoms. The van der Waals surface area contributed by atoms with Crippen molar-refractivity contribution in [2.24, 2.45) is 4.99 Å². The molecule has 6 nitrogen and oxygen atoms in total. The molecule has 2 aromatic carbocycles. The molecule has 2 aliphatic rings. The molecule has 0 aliphatic carbocycles. The highest BCUT2D eigenvalue weighted by Gasteiger charge is 2.41. The van der Waals surface area contributed by atoms with Crippen LogP contribution < -0.4 is 10.2 Å². The fraction of sp³-hybridized carbons (Fsp3) is 0.0526. The van der Waals surface area contributed by atoms with E-state index in [2.05, 4.69) is 26.2 Å². The topological polar surface area (TPSA) is 78.8 Å². The lowest BCUT2D eigenvalue weighted by molar-refractivity contribution is -0.122. The van der Waals surface area contributed by atoms with Crippen molar-refractivity contribution in [3.05, 3.63) is 61.4 Å². The second kappa shape index (κ2) is 7.60. The maximum absolute atomic E-state index is 13.0. The molecule has 2 heterocycles. The minimum Gasteiger partial charge on any atom is -0.300 e. The van der Waals surface area contributed by atoms with Crippen LogP contribution in [0.2, 0.25) is 10.0 Å². The van der Waals surface area contributed by atoms with Gasteiger partial charge in [-0.25, -0.2) is 9.89 Å². The lowest BCUT2D eigenvalue weighted by atomic mass is 10.1. The average Bonchev–Trinajstić information content (AvgIpc) is 3.09. The maximum atomic E-state index is 13.0. The van der Waals surface area contributed by atoms with Crippen LogP contribution in [0.3, 0.4) is 0 Å². The molecule has 0 radical (unpaired) electrons. The van der Waals surface area contributed by atoms with Gasteiger partial charge >= 0.3 is 0 Å². The van der Waals surface area contributed by atoms with E-state index in [1.165, 1.54) is 6.92 Å². The third-order valence-electron chi connectivity index (χ3n) is 4.13. The molecule has 0 unspecified atom stereocenters. The van der Waals surface area contributed by atoms with Crippen LogP contribution >= 0.6 is 50.9 Å². The molecule has 0 spiro atoms. The number of nitrogens with one attached hydrogen (secondary N) is 1. The standard InChI is InChI=1S/C19H10BrCl2N3O3S/c1-8(26)25-14-3-2-9(20)4-13(14)15(18(25)28)16-17(27)24-19(29-16)23-12-6-10(21)5-11(22)7-12/h2-7H,1H3,(H,23,24,27)/b16-15-. The second-order valence-electron chi connectivity index (χ2n) is 6.13. The minimum atomic E-state index is -0.546. The number of imide groups is 1. The summed E-state index contributed by atoms with van der Waals surface area (Å²) in [5, 5.41) is 3.74. The molecule has 2 aromatic rings. The first-order valence-electron chi connectivity index (χ1n) is 8.18. The number of rotatable bonds is 1. The molecule has 146 valence electrons. The van der Waals surface area contributed by atoms with Crippen molar-refractivity contribution in [1.82, 2.24) is 5.32 Å². The van der Waals surface area contributed by atoms with Crippen LogP contribution in [0.15, 0.2) is 50.8 Å². The summed E-state index contributed by atoms with van der Waals surface area (Å²) < 4.78 is 0.721. The molecule has 1 fully saturated rings. The Balaban J connectivity index is 1.80. The SMILES string of the molecule is CC(=O)N1C(=O)/C(=C2\SC(=Nc3cc(Cl)cc(Cl)c3)NC2=O)c2cc(Br)ccc21. The predicted molar refractivity (Wildman–Crippen MR) is 119 cm³/mol. The fourth-order valence-electron chi connectivity index (χ4n) is 3.03. The number of aliphatic imine (C=N–C) groups is 1. The van der Waals surface area contributed by atoms with Crippen molar-refractivity contribution in [2.45, 2.75) is 6.92 Å². The number of fused-ring (bicyclic) bond motifs is 1. The number of carbonyl (C=O) groups excluding carboxylic acids is 3. The predicted octanol–water partition coefficient (Wildman–Crippen LogP) is 4.91. The zero-order chi connectivity index (χ0) is 20.9. The third kappa shape index (κ3) is 3.73. The molecular weight excluding hydrogens is 501 g/mol. The Labute approximate surface area is 188 Å². The molecule has 1 saturated heterocycles. The molecular formula is C19H10BrCl2N3O3S. The number of nitrogens with zero attached hydrogens (tertiary/aromatic N) is 2. The third-order valence-corrected chi connectivity index (χ3v) is 6.04. The van der Waals surface area contributed by atoms with Crippen LogP contribution in [-0.4, -0.2) is 22.9 Å². The van der Waals surface area contributed by atoms with E-state index >= 15 is 0 Å². The van der Waals surface area contributed by atoms with Crippen LogP contribution in [0, 0.1) is 0 Å². The fourth-order valence-corrected chi connectivity index (χ4v) is 4.84. The van der Waals surface area contributed by atoms with Crippen molar-refractivity contribution in [3.63, 3.8) is 0 Å². The van der Waals surface area contributed by atoms with Crippen LogP contribution in [-0.2, 0) is 14.4 Å². The summed E-state index contributed by atoms with van der Waals surface area (Å²) in [6.07, 6.45) is 0. The number of thioether (sulfide) groups is 1. The van der Waals surface area contributed by atoms with E-state index < -0.39 is 17.7 Å². The Morgan fingerprint density at radius 3 is 2.48 bits per heavy atom. The van der Waals surface area contributed by atoms with Gasteiger partial charge < -0.3 is 5.32 Å². The number of benzene rings is 2. The van der Waals surface area contributed by atoms with Crippen LogP contribution in [0.5, 0.6) is 0 Å². The number of halogens is 3. The van der Waals surface area contributed by atoms with Gasteiger partial charge in [0.25, 0.3) is 11.8 Å². The van der Waals surface area contributed by atoms with E-state index in [0.29, 0.717) is 27.0 Å². The first-order chi connectivity index (χ1) is 13.7. The quantitative estimate of drug-likeness (QED) is 0.553. The molecule has 4 rings (SSSR count). The Hall–Kier alpha value is -2.13. The molecule has 3 amide bonds. The van der Waals surface area contributed by atoms with Crippen LogP contribution in [0.1, 0.15) is 12.5 Å². The highest BCUT2D eigenvalue weighted by molar-refractivity contribution is 9.10. The van der Waals surface area contributed by atoms with E-state index in [0.717, 1.165) is 21.1 Å². The number of amidine groups is 1. The van der Waals surface area contributed by atoms with Gasteiger partial charge in [-0.05, 0) is 48.2 Å². The normalized spacial score (nSPS) is 19.7. The molecule has 10 heteroatoms. The summed E-state index contributed by atoms with van der Waals surface area (Å²) in [5.74, 6) is -1.45. The number of amides is 3. The highest BCUT2D eigenvalue weighted by Crippen LogP contribution is 2.44. The van der Waals surface area contributed by atoms with Crippen molar-refractivity contribution < 1.29 is 14.4 Å². The van der Waals surface area contributed by atoms with Crippen molar-refractivity contribution >= 4 is 90.7 Å². The van der Waals surface area contributed by atoms with E-state index in [9.17, 15) is 14.4 Å². The van der Waals surface area contributed by atoms with Gasteiger partial charge in [0, 0.05) is 27.0 Å². The number of hydrogen-bond acceptors (Lipinski definition) is 5. The summed E-state index contributed by atoms with van der Waals surface area (Å²) in [4.78, 5) is 43.2.